The number of methoxy groups -OCH3 is 1. The van der Waals surface area contributed by atoms with Gasteiger partial charge in [-0.25, -0.2) is 0 Å². The van der Waals surface area contributed by atoms with Crippen molar-refractivity contribution in [1.29, 1.82) is 0 Å². The average molecular weight is 223 g/mol. The number of hydrogen-bond donors (Lipinski definition) is 1. The van der Waals surface area contributed by atoms with E-state index in [1.807, 2.05) is 31.2 Å². The summed E-state index contributed by atoms with van der Waals surface area (Å²) in [4.78, 5) is 11.4. The van der Waals surface area contributed by atoms with Crippen LogP contribution in [-0.2, 0) is 9.53 Å². The van der Waals surface area contributed by atoms with Gasteiger partial charge in [0.15, 0.2) is 0 Å². The summed E-state index contributed by atoms with van der Waals surface area (Å²) in [5.41, 5.74) is 6.39. The minimum absolute atomic E-state index is 0.237. The van der Waals surface area contributed by atoms with Crippen molar-refractivity contribution < 1.29 is 14.3 Å². The zero-order chi connectivity index (χ0) is 12.0. The highest BCUT2D eigenvalue weighted by molar-refractivity contribution is 5.78. The van der Waals surface area contributed by atoms with Gasteiger partial charge in [0, 0.05) is 6.54 Å². The molecule has 0 saturated carbocycles. The SMILES string of the molecule is CCOc1ccc(C(CN)C(=O)OC)cc1. The van der Waals surface area contributed by atoms with Gasteiger partial charge in [-0.05, 0) is 24.6 Å². The molecule has 0 bridgehead atoms. The Balaban J connectivity index is 2.82. The van der Waals surface area contributed by atoms with Crippen LogP contribution in [0.25, 0.3) is 0 Å². The molecule has 0 saturated heterocycles. The standard InChI is InChI=1S/C12H17NO3/c1-3-16-10-6-4-9(5-7-10)11(8-13)12(14)15-2/h4-7,11H,3,8,13H2,1-2H3. The number of carbonyl (C=O) groups is 1. The molecule has 0 spiro atoms. The number of carbonyl (C=O) groups excluding carboxylic acids is 1. The fourth-order valence-corrected chi connectivity index (χ4v) is 1.47. The minimum Gasteiger partial charge on any atom is -0.494 e. The highest BCUT2D eigenvalue weighted by Crippen LogP contribution is 2.19. The molecule has 1 atom stereocenters. The van der Waals surface area contributed by atoms with Crippen LogP contribution >= 0.6 is 0 Å². The molecule has 4 heteroatoms. The maximum absolute atomic E-state index is 11.4. The van der Waals surface area contributed by atoms with Crippen molar-refractivity contribution in [3.8, 4) is 5.75 Å². The molecule has 0 fully saturated rings. The second-order valence-corrected chi connectivity index (χ2v) is 3.31. The lowest BCUT2D eigenvalue weighted by molar-refractivity contribution is -0.142. The van der Waals surface area contributed by atoms with Gasteiger partial charge >= 0.3 is 5.97 Å². The van der Waals surface area contributed by atoms with Crippen molar-refractivity contribution in [3.05, 3.63) is 29.8 Å². The minimum atomic E-state index is -0.402. The van der Waals surface area contributed by atoms with Gasteiger partial charge in [0.2, 0.25) is 0 Å². The first kappa shape index (κ1) is 12.5. The smallest absolute Gasteiger partial charge is 0.314 e. The number of benzene rings is 1. The number of ether oxygens (including phenoxy) is 2. The van der Waals surface area contributed by atoms with Gasteiger partial charge in [0.05, 0.1) is 19.6 Å². The fourth-order valence-electron chi connectivity index (χ4n) is 1.47. The third-order valence-corrected chi connectivity index (χ3v) is 2.31. The zero-order valence-corrected chi connectivity index (χ0v) is 9.60. The summed E-state index contributed by atoms with van der Waals surface area (Å²) in [6.45, 7) is 2.78. The van der Waals surface area contributed by atoms with Gasteiger partial charge in [-0.2, -0.15) is 0 Å². The van der Waals surface area contributed by atoms with E-state index in [2.05, 4.69) is 4.74 Å². The van der Waals surface area contributed by atoms with Crippen LogP contribution in [0.5, 0.6) is 5.75 Å². The Labute approximate surface area is 95.3 Å². The molecule has 0 aliphatic carbocycles. The monoisotopic (exact) mass is 223 g/mol. The predicted molar refractivity (Wildman–Crippen MR) is 61.4 cm³/mol. The van der Waals surface area contributed by atoms with Crippen LogP contribution in [0.2, 0.25) is 0 Å². The summed E-state index contributed by atoms with van der Waals surface area (Å²) in [7, 11) is 1.36. The Morgan fingerprint density at radius 3 is 2.44 bits per heavy atom. The number of hydrogen-bond acceptors (Lipinski definition) is 4. The van der Waals surface area contributed by atoms with E-state index in [0.717, 1.165) is 11.3 Å². The van der Waals surface area contributed by atoms with Gasteiger partial charge in [0.25, 0.3) is 0 Å². The van der Waals surface area contributed by atoms with E-state index >= 15 is 0 Å². The van der Waals surface area contributed by atoms with Crippen molar-refractivity contribution in [2.75, 3.05) is 20.3 Å². The molecule has 1 aromatic carbocycles. The van der Waals surface area contributed by atoms with Crippen LogP contribution in [0.15, 0.2) is 24.3 Å². The highest BCUT2D eigenvalue weighted by Gasteiger charge is 2.19. The Hall–Kier alpha value is -1.55. The molecule has 0 aliphatic heterocycles. The van der Waals surface area contributed by atoms with Gasteiger partial charge in [-0.3, -0.25) is 4.79 Å². The van der Waals surface area contributed by atoms with E-state index in [1.165, 1.54) is 7.11 Å². The molecule has 0 heterocycles. The Bertz CT molecular complexity index is 335. The molecular formula is C12H17NO3. The molecule has 2 N–H and O–H groups in total. The first-order chi connectivity index (χ1) is 7.72. The van der Waals surface area contributed by atoms with Gasteiger partial charge < -0.3 is 15.2 Å². The first-order valence-corrected chi connectivity index (χ1v) is 5.23. The maximum atomic E-state index is 11.4. The van der Waals surface area contributed by atoms with E-state index in [1.54, 1.807) is 0 Å². The average Bonchev–Trinajstić information content (AvgIpc) is 2.32. The normalized spacial score (nSPS) is 11.9. The van der Waals surface area contributed by atoms with Crippen LogP contribution < -0.4 is 10.5 Å². The Morgan fingerprint density at radius 1 is 1.38 bits per heavy atom. The molecule has 0 amide bonds. The van der Waals surface area contributed by atoms with Crippen LogP contribution in [0.4, 0.5) is 0 Å². The second-order valence-electron chi connectivity index (χ2n) is 3.31. The van der Waals surface area contributed by atoms with E-state index < -0.39 is 5.92 Å². The quantitative estimate of drug-likeness (QED) is 0.764. The summed E-state index contributed by atoms with van der Waals surface area (Å²) in [5, 5.41) is 0. The molecule has 0 radical (unpaired) electrons. The van der Waals surface area contributed by atoms with Crippen LogP contribution in [0.3, 0.4) is 0 Å². The second kappa shape index (κ2) is 6.12. The van der Waals surface area contributed by atoms with Gasteiger partial charge in [-0.15, -0.1) is 0 Å². The molecule has 1 aromatic rings. The van der Waals surface area contributed by atoms with Gasteiger partial charge in [-0.1, -0.05) is 12.1 Å². The molecule has 88 valence electrons. The summed E-state index contributed by atoms with van der Waals surface area (Å²) in [5.74, 6) is 0.0687. The summed E-state index contributed by atoms with van der Waals surface area (Å²) in [6.07, 6.45) is 0. The van der Waals surface area contributed by atoms with E-state index in [4.69, 9.17) is 10.5 Å². The predicted octanol–water partition coefficient (Wildman–Crippen LogP) is 1.30. The van der Waals surface area contributed by atoms with Crippen molar-refractivity contribution >= 4 is 5.97 Å². The molecule has 16 heavy (non-hydrogen) atoms. The van der Waals surface area contributed by atoms with Crippen molar-refractivity contribution in [2.45, 2.75) is 12.8 Å². The Kier molecular flexibility index (Phi) is 4.79. The number of rotatable bonds is 5. The maximum Gasteiger partial charge on any atom is 0.314 e. The van der Waals surface area contributed by atoms with E-state index in [-0.39, 0.29) is 12.5 Å². The first-order valence-electron chi connectivity index (χ1n) is 5.23. The van der Waals surface area contributed by atoms with E-state index in [0.29, 0.717) is 6.61 Å². The molecule has 4 nitrogen and oxygen atoms in total. The lowest BCUT2D eigenvalue weighted by Crippen LogP contribution is -2.22. The topological polar surface area (TPSA) is 61.5 Å². The van der Waals surface area contributed by atoms with Crippen molar-refractivity contribution in [3.63, 3.8) is 0 Å². The molecule has 1 rings (SSSR count). The van der Waals surface area contributed by atoms with Crippen LogP contribution in [0, 0.1) is 0 Å². The van der Waals surface area contributed by atoms with E-state index in [9.17, 15) is 4.79 Å². The lowest BCUT2D eigenvalue weighted by atomic mass is 9.99. The number of nitrogens with two attached hydrogens (primary N) is 1. The van der Waals surface area contributed by atoms with Crippen molar-refractivity contribution in [2.24, 2.45) is 5.73 Å². The van der Waals surface area contributed by atoms with Crippen molar-refractivity contribution in [1.82, 2.24) is 0 Å². The third kappa shape index (κ3) is 2.97. The Morgan fingerprint density at radius 2 is 2.00 bits per heavy atom. The van der Waals surface area contributed by atoms with Crippen LogP contribution in [-0.4, -0.2) is 26.2 Å². The summed E-state index contributed by atoms with van der Waals surface area (Å²) in [6, 6.07) is 7.31. The molecule has 1 unspecified atom stereocenters. The summed E-state index contributed by atoms with van der Waals surface area (Å²) < 4.78 is 10.00. The fraction of sp³-hybridized carbons (Fsp3) is 0.417. The highest BCUT2D eigenvalue weighted by atomic mass is 16.5. The number of esters is 1. The summed E-state index contributed by atoms with van der Waals surface area (Å²) >= 11 is 0. The third-order valence-electron chi connectivity index (χ3n) is 2.31. The lowest BCUT2D eigenvalue weighted by Gasteiger charge is -2.13. The molecule has 0 aliphatic rings. The molecular weight excluding hydrogens is 206 g/mol. The molecule has 0 aromatic heterocycles. The van der Waals surface area contributed by atoms with Gasteiger partial charge in [0.1, 0.15) is 5.75 Å². The zero-order valence-electron chi connectivity index (χ0n) is 9.60. The van der Waals surface area contributed by atoms with Crippen LogP contribution in [0.1, 0.15) is 18.4 Å². The largest absolute Gasteiger partial charge is 0.494 e.